The van der Waals surface area contributed by atoms with Gasteiger partial charge in [-0.05, 0) is 42.8 Å². The van der Waals surface area contributed by atoms with E-state index in [1.165, 1.54) is 6.92 Å². The first-order chi connectivity index (χ1) is 20.2. The predicted octanol–water partition coefficient (Wildman–Crippen LogP) is 4.11. The second kappa shape index (κ2) is 15.0. The summed E-state index contributed by atoms with van der Waals surface area (Å²) in [7, 11) is 2.10. The summed E-state index contributed by atoms with van der Waals surface area (Å²) < 4.78 is 18.1. The molecule has 42 heavy (non-hydrogen) atoms. The number of amides is 1. The number of likely N-dealkylation sites (N-methyl/N-ethyl adjacent to an activating group) is 1. The monoisotopic (exact) mass is 575 g/mol. The number of pyridine rings is 1. The van der Waals surface area contributed by atoms with Gasteiger partial charge in [0.25, 0.3) is 5.91 Å². The van der Waals surface area contributed by atoms with Gasteiger partial charge < -0.3 is 29.5 Å². The zero-order chi connectivity index (χ0) is 30.1. The summed E-state index contributed by atoms with van der Waals surface area (Å²) in [6, 6.07) is 21.6. The number of benzene rings is 2. The Bertz CT molecular complexity index is 1290. The molecule has 0 spiro atoms. The minimum atomic E-state index is -0.852. The fourth-order valence-electron chi connectivity index (χ4n) is 5.01. The van der Waals surface area contributed by atoms with E-state index in [-0.39, 0.29) is 30.6 Å². The van der Waals surface area contributed by atoms with Crippen molar-refractivity contribution in [3.63, 3.8) is 0 Å². The van der Waals surface area contributed by atoms with Crippen LogP contribution in [-0.4, -0.2) is 59.2 Å². The maximum Gasteiger partial charge on any atom is 0.303 e. The van der Waals surface area contributed by atoms with Gasteiger partial charge in [-0.25, -0.2) is 0 Å². The fraction of sp³-hybridized carbons (Fsp3) is 0.424. The molecule has 9 heteroatoms. The lowest BCUT2D eigenvalue weighted by atomic mass is 9.90. The quantitative estimate of drug-likeness (QED) is 0.311. The van der Waals surface area contributed by atoms with Crippen LogP contribution >= 0.6 is 0 Å². The normalized spacial score (nSPS) is 21.1. The molecule has 3 aromatic rings. The van der Waals surface area contributed by atoms with Gasteiger partial charge in [-0.15, -0.1) is 0 Å². The molecule has 0 aliphatic carbocycles. The summed E-state index contributed by atoms with van der Waals surface area (Å²) in [5.41, 5.74) is 4.72. The van der Waals surface area contributed by atoms with Crippen LogP contribution in [0.2, 0.25) is 0 Å². The van der Waals surface area contributed by atoms with Crippen molar-refractivity contribution in [3.8, 4) is 0 Å². The molecule has 1 fully saturated rings. The van der Waals surface area contributed by atoms with E-state index in [1.807, 2.05) is 72.9 Å². The van der Waals surface area contributed by atoms with Gasteiger partial charge in [0.1, 0.15) is 0 Å². The second-order valence-electron chi connectivity index (χ2n) is 10.9. The average molecular weight is 576 g/mol. The molecule has 224 valence electrons. The fourth-order valence-corrected chi connectivity index (χ4v) is 5.01. The molecule has 0 bridgehead atoms. The molecule has 0 radical (unpaired) electrons. The molecular formula is C33H41N3O6. The smallest absolute Gasteiger partial charge is 0.303 e. The molecule has 1 aliphatic heterocycles. The third kappa shape index (κ3) is 8.69. The molecule has 5 unspecified atom stereocenters. The van der Waals surface area contributed by atoms with E-state index in [2.05, 4.69) is 29.2 Å². The Labute approximate surface area is 247 Å². The molecule has 1 saturated heterocycles. The number of aliphatic hydroxyl groups excluding tert-OH is 1. The molecule has 2 heterocycles. The first kappa shape index (κ1) is 31.3. The lowest BCUT2D eigenvalue weighted by Gasteiger charge is -2.42. The van der Waals surface area contributed by atoms with E-state index in [0.717, 1.165) is 47.5 Å². The number of hydrogen-bond donors (Lipinski definition) is 2. The summed E-state index contributed by atoms with van der Waals surface area (Å²) in [6.07, 6.45) is 0.941. The average Bonchev–Trinajstić information content (AvgIpc) is 3.00. The topological polar surface area (TPSA) is 110 Å². The Kier molecular flexibility index (Phi) is 11.2. The van der Waals surface area contributed by atoms with Gasteiger partial charge in [0.2, 0.25) is 0 Å². The third-order valence-electron chi connectivity index (χ3n) is 7.52. The molecule has 5 atom stereocenters. The van der Waals surface area contributed by atoms with Gasteiger partial charge in [-0.3, -0.25) is 14.6 Å². The van der Waals surface area contributed by atoms with Crippen LogP contribution in [0.3, 0.4) is 0 Å². The van der Waals surface area contributed by atoms with Crippen LogP contribution in [0.1, 0.15) is 61.1 Å². The SMILES string of the molecule is CC(=O)OC(C)C(=O)NCc1ccc(C2OC(CN(C)CCc3ccccn3)C(C)C(c3ccc(CO)cc3)O2)cc1. The minimum Gasteiger partial charge on any atom is -0.453 e. The molecule has 2 N–H and O–H groups in total. The number of aliphatic hydroxyl groups is 1. The van der Waals surface area contributed by atoms with Crippen molar-refractivity contribution in [2.75, 3.05) is 20.1 Å². The van der Waals surface area contributed by atoms with Gasteiger partial charge in [0.05, 0.1) is 18.8 Å². The highest BCUT2D eigenvalue weighted by Gasteiger charge is 2.38. The number of ether oxygens (including phenoxy) is 3. The van der Waals surface area contributed by atoms with Gasteiger partial charge in [-0.2, -0.15) is 0 Å². The maximum atomic E-state index is 12.2. The van der Waals surface area contributed by atoms with Crippen LogP contribution < -0.4 is 5.32 Å². The van der Waals surface area contributed by atoms with Crippen LogP contribution in [-0.2, 0) is 43.4 Å². The number of esters is 1. The summed E-state index contributed by atoms with van der Waals surface area (Å²) >= 11 is 0. The zero-order valence-electron chi connectivity index (χ0n) is 24.7. The Hall–Kier alpha value is -3.63. The number of nitrogens with one attached hydrogen (secondary N) is 1. The van der Waals surface area contributed by atoms with Crippen molar-refractivity contribution in [1.29, 1.82) is 0 Å². The molecule has 1 aromatic heterocycles. The van der Waals surface area contributed by atoms with Crippen molar-refractivity contribution in [2.45, 2.75) is 64.9 Å². The molecule has 1 amide bonds. The summed E-state index contributed by atoms with van der Waals surface area (Å²) in [6.45, 7) is 6.84. The Balaban J connectivity index is 1.45. The van der Waals surface area contributed by atoms with Gasteiger partial charge in [-0.1, -0.05) is 61.5 Å². The standard InChI is InChI=1S/C33H41N3O6/c1-22-30(20-36(4)18-16-29-7-5-6-17-34-29)41-33(42-31(22)27-12-10-26(21-37)11-13-27)28-14-8-25(9-15-28)19-35-32(39)23(2)40-24(3)38/h5-15,17,22-23,30-31,33,37H,16,18-21H2,1-4H3,(H,35,39). The Morgan fingerprint density at radius 2 is 1.71 bits per heavy atom. The number of hydrogen-bond acceptors (Lipinski definition) is 8. The molecule has 4 rings (SSSR count). The zero-order valence-corrected chi connectivity index (χ0v) is 24.7. The van der Waals surface area contributed by atoms with Crippen LogP contribution in [0.25, 0.3) is 0 Å². The highest BCUT2D eigenvalue weighted by Crippen LogP contribution is 2.41. The molecule has 2 aromatic carbocycles. The molecule has 1 aliphatic rings. The number of rotatable bonds is 12. The van der Waals surface area contributed by atoms with E-state index in [9.17, 15) is 14.7 Å². The Morgan fingerprint density at radius 3 is 2.36 bits per heavy atom. The number of nitrogens with zero attached hydrogens (tertiary/aromatic N) is 2. The van der Waals surface area contributed by atoms with Crippen molar-refractivity contribution in [1.82, 2.24) is 15.2 Å². The van der Waals surface area contributed by atoms with Crippen LogP contribution in [0.15, 0.2) is 72.9 Å². The van der Waals surface area contributed by atoms with Crippen LogP contribution in [0.4, 0.5) is 0 Å². The Morgan fingerprint density at radius 1 is 1.02 bits per heavy atom. The summed E-state index contributed by atoms with van der Waals surface area (Å²) in [4.78, 5) is 30.0. The van der Waals surface area contributed by atoms with Crippen LogP contribution in [0, 0.1) is 5.92 Å². The van der Waals surface area contributed by atoms with E-state index >= 15 is 0 Å². The largest absolute Gasteiger partial charge is 0.453 e. The highest BCUT2D eigenvalue weighted by atomic mass is 16.7. The number of aromatic nitrogens is 1. The summed E-state index contributed by atoms with van der Waals surface area (Å²) in [5, 5.41) is 12.3. The van der Waals surface area contributed by atoms with Crippen molar-refractivity contribution >= 4 is 11.9 Å². The van der Waals surface area contributed by atoms with Crippen LogP contribution in [0.5, 0.6) is 0 Å². The third-order valence-corrected chi connectivity index (χ3v) is 7.52. The van der Waals surface area contributed by atoms with Crippen molar-refractivity contribution in [2.24, 2.45) is 5.92 Å². The van der Waals surface area contributed by atoms with Crippen molar-refractivity contribution in [3.05, 3.63) is 101 Å². The van der Waals surface area contributed by atoms with Gasteiger partial charge >= 0.3 is 5.97 Å². The van der Waals surface area contributed by atoms with E-state index in [4.69, 9.17) is 14.2 Å². The van der Waals surface area contributed by atoms with Gasteiger partial charge in [0, 0.05) is 56.4 Å². The summed E-state index contributed by atoms with van der Waals surface area (Å²) in [5.74, 6) is -0.774. The van der Waals surface area contributed by atoms with E-state index in [0.29, 0.717) is 6.54 Å². The number of carbonyl (C=O) groups excluding carboxylic acids is 2. The molecular weight excluding hydrogens is 534 g/mol. The lowest BCUT2D eigenvalue weighted by molar-refractivity contribution is -0.275. The van der Waals surface area contributed by atoms with Gasteiger partial charge in [0.15, 0.2) is 12.4 Å². The first-order valence-corrected chi connectivity index (χ1v) is 14.4. The lowest BCUT2D eigenvalue weighted by Crippen LogP contribution is -2.44. The minimum absolute atomic E-state index is 0.00769. The second-order valence-corrected chi connectivity index (χ2v) is 10.9. The number of carbonyl (C=O) groups is 2. The first-order valence-electron chi connectivity index (χ1n) is 14.4. The molecule has 0 saturated carbocycles. The predicted molar refractivity (Wildman–Crippen MR) is 158 cm³/mol. The highest BCUT2D eigenvalue weighted by molar-refractivity contribution is 5.82. The van der Waals surface area contributed by atoms with E-state index < -0.39 is 18.4 Å². The van der Waals surface area contributed by atoms with Crippen molar-refractivity contribution < 1.29 is 28.9 Å². The molecule has 9 nitrogen and oxygen atoms in total. The maximum absolute atomic E-state index is 12.2. The van der Waals surface area contributed by atoms with E-state index in [1.54, 1.807) is 6.92 Å².